The Labute approximate surface area is 114 Å². The second kappa shape index (κ2) is 7.28. The molecule has 1 aliphatic rings. The number of rotatable bonds is 7. The Morgan fingerprint density at radius 3 is 2.95 bits per heavy atom. The quantitative estimate of drug-likeness (QED) is 0.730. The fourth-order valence-electron chi connectivity index (χ4n) is 2.48. The van der Waals surface area contributed by atoms with Gasteiger partial charge in [0.15, 0.2) is 0 Å². The van der Waals surface area contributed by atoms with Crippen LogP contribution >= 0.6 is 0 Å². The van der Waals surface area contributed by atoms with Crippen molar-refractivity contribution in [2.45, 2.75) is 57.7 Å². The van der Waals surface area contributed by atoms with Gasteiger partial charge in [-0.15, -0.1) is 0 Å². The predicted molar refractivity (Wildman–Crippen MR) is 74.7 cm³/mol. The van der Waals surface area contributed by atoms with Gasteiger partial charge in [-0.1, -0.05) is 12.8 Å². The maximum absolute atomic E-state index is 11.9. The number of amides is 1. The van der Waals surface area contributed by atoms with Crippen LogP contribution in [0.25, 0.3) is 0 Å². The standard InChI is InChI=1S/C14H24N4O/c1-12(14(19)17-13-6-2-3-7-13)15-8-4-10-18-11-5-9-16-18/h5,9,11-13,15H,2-4,6-8,10H2,1H3,(H,17,19). The monoisotopic (exact) mass is 264 g/mol. The van der Waals surface area contributed by atoms with Crippen molar-refractivity contribution < 1.29 is 4.79 Å². The third kappa shape index (κ3) is 4.67. The summed E-state index contributed by atoms with van der Waals surface area (Å²) in [6.45, 7) is 3.65. The Balaban J connectivity index is 1.57. The van der Waals surface area contributed by atoms with E-state index in [-0.39, 0.29) is 11.9 Å². The molecule has 0 radical (unpaired) electrons. The third-order valence-corrected chi connectivity index (χ3v) is 3.67. The summed E-state index contributed by atoms with van der Waals surface area (Å²) in [5, 5.41) is 10.5. The molecular formula is C14H24N4O. The first-order valence-electron chi connectivity index (χ1n) is 7.27. The van der Waals surface area contributed by atoms with Crippen LogP contribution in [-0.4, -0.2) is 34.3 Å². The molecule has 5 nitrogen and oxygen atoms in total. The van der Waals surface area contributed by atoms with Gasteiger partial charge in [0.05, 0.1) is 6.04 Å². The first-order valence-corrected chi connectivity index (χ1v) is 7.27. The van der Waals surface area contributed by atoms with Crippen molar-refractivity contribution >= 4 is 5.91 Å². The zero-order valence-electron chi connectivity index (χ0n) is 11.6. The number of aryl methyl sites for hydroxylation is 1. The average Bonchev–Trinajstić information content (AvgIpc) is 3.07. The number of hydrogen-bond acceptors (Lipinski definition) is 3. The van der Waals surface area contributed by atoms with Crippen molar-refractivity contribution in [3.63, 3.8) is 0 Å². The minimum Gasteiger partial charge on any atom is -0.352 e. The van der Waals surface area contributed by atoms with Crippen LogP contribution in [0.1, 0.15) is 39.0 Å². The molecule has 106 valence electrons. The first-order chi connectivity index (χ1) is 9.25. The fourth-order valence-corrected chi connectivity index (χ4v) is 2.48. The molecule has 2 rings (SSSR count). The van der Waals surface area contributed by atoms with Gasteiger partial charge in [-0.3, -0.25) is 9.48 Å². The van der Waals surface area contributed by atoms with Gasteiger partial charge in [0.2, 0.25) is 5.91 Å². The highest BCUT2D eigenvalue weighted by atomic mass is 16.2. The van der Waals surface area contributed by atoms with E-state index >= 15 is 0 Å². The predicted octanol–water partition coefficient (Wildman–Crippen LogP) is 1.31. The normalized spacial score (nSPS) is 17.5. The van der Waals surface area contributed by atoms with E-state index in [0.29, 0.717) is 6.04 Å². The number of hydrogen-bond donors (Lipinski definition) is 2. The zero-order valence-corrected chi connectivity index (χ0v) is 11.6. The van der Waals surface area contributed by atoms with Crippen molar-refractivity contribution in [1.29, 1.82) is 0 Å². The molecule has 1 aromatic heterocycles. The SMILES string of the molecule is CC(NCCCn1cccn1)C(=O)NC1CCCC1. The molecular weight excluding hydrogens is 240 g/mol. The maximum Gasteiger partial charge on any atom is 0.237 e. The van der Waals surface area contributed by atoms with Gasteiger partial charge >= 0.3 is 0 Å². The lowest BCUT2D eigenvalue weighted by Crippen LogP contribution is -2.45. The summed E-state index contributed by atoms with van der Waals surface area (Å²) in [4.78, 5) is 11.9. The lowest BCUT2D eigenvalue weighted by molar-refractivity contribution is -0.123. The molecule has 5 heteroatoms. The van der Waals surface area contributed by atoms with Gasteiger partial charge in [-0.2, -0.15) is 5.10 Å². The molecule has 0 saturated heterocycles. The van der Waals surface area contributed by atoms with Crippen LogP contribution in [0.3, 0.4) is 0 Å². The van der Waals surface area contributed by atoms with E-state index in [1.807, 2.05) is 23.9 Å². The van der Waals surface area contributed by atoms with Gasteiger partial charge < -0.3 is 10.6 Å². The van der Waals surface area contributed by atoms with Crippen molar-refractivity contribution in [2.75, 3.05) is 6.54 Å². The lowest BCUT2D eigenvalue weighted by Gasteiger charge is -2.17. The Morgan fingerprint density at radius 1 is 1.47 bits per heavy atom. The van der Waals surface area contributed by atoms with Crippen molar-refractivity contribution in [3.05, 3.63) is 18.5 Å². The Bertz CT molecular complexity index is 371. The van der Waals surface area contributed by atoms with Crippen molar-refractivity contribution in [3.8, 4) is 0 Å². The second-order valence-electron chi connectivity index (χ2n) is 5.29. The molecule has 1 fully saturated rings. The number of nitrogens with one attached hydrogen (secondary N) is 2. The number of nitrogens with zero attached hydrogens (tertiary/aromatic N) is 2. The molecule has 1 unspecified atom stereocenters. The van der Waals surface area contributed by atoms with E-state index in [9.17, 15) is 4.79 Å². The topological polar surface area (TPSA) is 59.0 Å². The van der Waals surface area contributed by atoms with Crippen molar-refractivity contribution in [1.82, 2.24) is 20.4 Å². The van der Waals surface area contributed by atoms with Gasteiger partial charge in [-0.25, -0.2) is 0 Å². The molecule has 0 aliphatic heterocycles. The van der Waals surface area contributed by atoms with E-state index in [1.165, 1.54) is 12.8 Å². The Morgan fingerprint density at radius 2 is 2.26 bits per heavy atom. The van der Waals surface area contributed by atoms with Crippen LogP contribution in [0.5, 0.6) is 0 Å². The highest BCUT2D eigenvalue weighted by Gasteiger charge is 2.19. The molecule has 1 amide bonds. The lowest BCUT2D eigenvalue weighted by atomic mass is 10.2. The smallest absolute Gasteiger partial charge is 0.237 e. The first kappa shape index (κ1) is 14.1. The highest BCUT2D eigenvalue weighted by Crippen LogP contribution is 2.17. The van der Waals surface area contributed by atoms with E-state index in [4.69, 9.17) is 0 Å². The Hall–Kier alpha value is -1.36. The Kier molecular flexibility index (Phi) is 5.39. The van der Waals surface area contributed by atoms with E-state index in [0.717, 1.165) is 32.4 Å². The van der Waals surface area contributed by atoms with E-state index in [1.54, 1.807) is 6.20 Å². The van der Waals surface area contributed by atoms with Gasteiger partial charge in [-0.05, 0) is 38.8 Å². The molecule has 0 spiro atoms. The minimum atomic E-state index is -0.113. The third-order valence-electron chi connectivity index (χ3n) is 3.67. The van der Waals surface area contributed by atoms with Crippen LogP contribution in [0, 0.1) is 0 Å². The van der Waals surface area contributed by atoms with Crippen LogP contribution < -0.4 is 10.6 Å². The molecule has 1 aliphatic carbocycles. The fraction of sp³-hybridized carbons (Fsp3) is 0.714. The molecule has 2 N–H and O–H groups in total. The summed E-state index contributed by atoms with van der Waals surface area (Å²) in [7, 11) is 0. The second-order valence-corrected chi connectivity index (χ2v) is 5.29. The molecule has 1 atom stereocenters. The number of carbonyl (C=O) groups is 1. The van der Waals surface area contributed by atoms with Crippen LogP contribution in [0.2, 0.25) is 0 Å². The van der Waals surface area contributed by atoms with Crippen LogP contribution in [-0.2, 0) is 11.3 Å². The molecule has 1 saturated carbocycles. The largest absolute Gasteiger partial charge is 0.352 e. The summed E-state index contributed by atoms with van der Waals surface area (Å²) in [5.41, 5.74) is 0. The molecule has 1 heterocycles. The summed E-state index contributed by atoms with van der Waals surface area (Å²) in [6.07, 6.45) is 9.48. The number of aromatic nitrogens is 2. The van der Waals surface area contributed by atoms with Gasteiger partial charge in [0.25, 0.3) is 0 Å². The van der Waals surface area contributed by atoms with Gasteiger partial charge in [0.1, 0.15) is 0 Å². The maximum atomic E-state index is 11.9. The molecule has 19 heavy (non-hydrogen) atoms. The minimum absolute atomic E-state index is 0.113. The summed E-state index contributed by atoms with van der Waals surface area (Å²) >= 11 is 0. The summed E-state index contributed by atoms with van der Waals surface area (Å²) in [6, 6.07) is 2.21. The molecule has 1 aromatic rings. The summed E-state index contributed by atoms with van der Waals surface area (Å²) < 4.78 is 1.91. The molecule has 0 aromatic carbocycles. The zero-order chi connectivity index (χ0) is 13.5. The van der Waals surface area contributed by atoms with Gasteiger partial charge in [0, 0.05) is 25.0 Å². The van der Waals surface area contributed by atoms with E-state index < -0.39 is 0 Å². The number of carbonyl (C=O) groups excluding carboxylic acids is 1. The highest BCUT2D eigenvalue weighted by molar-refractivity contribution is 5.81. The molecule has 0 bridgehead atoms. The summed E-state index contributed by atoms with van der Waals surface area (Å²) in [5.74, 6) is 0.131. The average molecular weight is 264 g/mol. The van der Waals surface area contributed by atoms with Crippen LogP contribution in [0.4, 0.5) is 0 Å². The van der Waals surface area contributed by atoms with Crippen molar-refractivity contribution in [2.24, 2.45) is 0 Å². The van der Waals surface area contributed by atoms with E-state index in [2.05, 4.69) is 15.7 Å². The van der Waals surface area contributed by atoms with Crippen LogP contribution in [0.15, 0.2) is 18.5 Å².